The monoisotopic (exact) mass is 241 g/mol. The third-order valence-electron chi connectivity index (χ3n) is 2.76. The Hall–Kier alpha value is -0.910. The van der Waals surface area contributed by atoms with Crippen LogP contribution in [0.2, 0.25) is 0 Å². The van der Waals surface area contributed by atoms with Gasteiger partial charge in [-0.1, -0.05) is 0 Å². The van der Waals surface area contributed by atoms with E-state index in [0.29, 0.717) is 24.0 Å². The molecule has 0 atom stereocenters. The molecule has 0 bridgehead atoms. The minimum absolute atomic E-state index is 0.128. The number of carboxylic acid groups (broad SMARTS) is 1. The number of aliphatic hydroxyl groups is 1. The third-order valence-corrected chi connectivity index (χ3v) is 3.71. The molecule has 0 spiro atoms. The van der Waals surface area contributed by atoms with Gasteiger partial charge in [-0.25, -0.2) is 4.79 Å². The summed E-state index contributed by atoms with van der Waals surface area (Å²) in [6.45, 7) is 1.39. The summed E-state index contributed by atoms with van der Waals surface area (Å²) >= 11 is 1.26. The summed E-state index contributed by atoms with van der Waals surface area (Å²) in [5.41, 5.74) is 0.859. The molecule has 0 unspecified atom stereocenters. The van der Waals surface area contributed by atoms with Crippen molar-refractivity contribution >= 4 is 17.3 Å². The SMILES string of the molecule is O=C(O)c1sccc1CN(CCO)C1CC1. The highest BCUT2D eigenvalue weighted by Crippen LogP contribution is 2.29. The average Bonchev–Trinajstić information content (AvgIpc) is 2.98. The maximum Gasteiger partial charge on any atom is 0.346 e. The first kappa shape index (κ1) is 11.6. The van der Waals surface area contributed by atoms with Crippen LogP contribution in [0.4, 0.5) is 0 Å². The molecule has 16 heavy (non-hydrogen) atoms. The first-order valence-corrected chi connectivity index (χ1v) is 6.25. The Balaban J connectivity index is 2.05. The van der Waals surface area contributed by atoms with E-state index in [0.717, 1.165) is 18.4 Å². The molecule has 4 nitrogen and oxygen atoms in total. The summed E-state index contributed by atoms with van der Waals surface area (Å²) in [5.74, 6) is -0.857. The van der Waals surface area contributed by atoms with Crippen LogP contribution in [-0.4, -0.2) is 40.3 Å². The molecule has 0 radical (unpaired) electrons. The highest BCUT2D eigenvalue weighted by atomic mass is 32.1. The standard InChI is InChI=1S/C11H15NO3S/c13-5-4-12(9-1-2-9)7-8-3-6-16-10(8)11(14)15/h3,6,9,13H,1-2,4-5,7H2,(H,14,15). The highest BCUT2D eigenvalue weighted by molar-refractivity contribution is 7.12. The zero-order valence-corrected chi connectivity index (χ0v) is 9.74. The van der Waals surface area contributed by atoms with Gasteiger partial charge in [-0.05, 0) is 29.9 Å². The van der Waals surface area contributed by atoms with E-state index in [4.69, 9.17) is 10.2 Å². The van der Waals surface area contributed by atoms with E-state index < -0.39 is 5.97 Å². The Morgan fingerprint density at radius 3 is 2.88 bits per heavy atom. The number of aromatic carboxylic acids is 1. The largest absolute Gasteiger partial charge is 0.477 e. The smallest absolute Gasteiger partial charge is 0.346 e. The normalized spacial score (nSPS) is 15.6. The highest BCUT2D eigenvalue weighted by Gasteiger charge is 2.29. The molecule has 1 aromatic rings. The maximum absolute atomic E-state index is 11.0. The van der Waals surface area contributed by atoms with Gasteiger partial charge in [0.1, 0.15) is 4.88 Å². The van der Waals surface area contributed by atoms with Crippen molar-refractivity contribution in [3.8, 4) is 0 Å². The van der Waals surface area contributed by atoms with Crippen molar-refractivity contribution in [2.24, 2.45) is 0 Å². The Morgan fingerprint density at radius 2 is 2.31 bits per heavy atom. The molecule has 1 aliphatic rings. The van der Waals surface area contributed by atoms with Crippen molar-refractivity contribution in [3.05, 3.63) is 21.9 Å². The van der Waals surface area contributed by atoms with Crippen molar-refractivity contribution in [2.75, 3.05) is 13.2 Å². The second-order valence-corrected chi connectivity index (χ2v) is 4.92. The molecule has 1 aliphatic carbocycles. The molecule has 1 heterocycles. The van der Waals surface area contributed by atoms with Crippen LogP contribution in [0.15, 0.2) is 11.4 Å². The maximum atomic E-state index is 11.0. The summed E-state index contributed by atoms with van der Waals surface area (Å²) in [6.07, 6.45) is 2.32. The predicted octanol–water partition coefficient (Wildman–Crippen LogP) is 1.40. The minimum Gasteiger partial charge on any atom is -0.477 e. The Bertz CT molecular complexity index is 373. The van der Waals surface area contributed by atoms with Crippen LogP contribution in [-0.2, 0) is 6.54 Å². The van der Waals surface area contributed by atoms with Crippen LogP contribution in [0, 0.1) is 0 Å². The van der Waals surface area contributed by atoms with Gasteiger partial charge in [0.25, 0.3) is 0 Å². The molecular weight excluding hydrogens is 226 g/mol. The lowest BCUT2D eigenvalue weighted by Gasteiger charge is -2.20. The number of aliphatic hydroxyl groups excluding tert-OH is 1. The molecule has 1 fully saturated rings. The van der Waals surface area contributed by atoms with E-state index in [1.54, 1.807) is 0 Å². The van der Waals surface area contributed by atoms with E-state index >= 15 is 0 Å². The lowest BCUT2D eigenvalue weighted by atomic mass is 10.2. The predicted molar refractivity (Wildman–Crippen MR) is 61.8 cm³/mol. The molecule has 1 aromatic heterocycles. The van der Waals surface area contributed by atoms with Crippen molar-refractivity contribution in [1.82, 2.24) is 4.90 Å². The quantitative estimate of drug-likeness (QED) is 0.790. The van der Waals surface area contributed by atoms with E-state index in [2.05, 4.69) is 4.90 Å². The topological polar surface area (TPSA) is 60.8 Å². The lowest BCUT2D eigenvalue weighted by molar-refractivity contribution is 0.0699. The van der Waals surface area contributed by atoms with Crippen LogP contribution in [0.25, 0.3) is 0 Å². The van der Waals surface area contributed by atoms with Gasteiger partial charge in [0, 0.05) is 19.1 Å². The van der Waals surface area contributed by atoms with Crippen LogP contribution in [0.3, 0.4) is 0 Å². The number of nitrogens with zero attached hydrogens (tertiary/aromatic N) is 1. The van der Waals surface area contributed by atoms with Gasteiger partial charge < -0.3 is 10.2 Å². The van der Waals surface area contributed by atoms with Gasteiger partial charge in [0.2, 0.25) is 0 Å². The molecular formula is C11H15NO3S. The first-order valence-electron chi connectivity index (χ1n) is 5.37. The van der Waals surface area contributed by atoms with Crippen molar-refractivity contribution < 1.29 is 15.0 Å². The summed E-state index contributed by atoms with van der Waals surface area (Å²) in [7, 11) is 0. The molecule has 88 valence electrons. The Labute approximate surface area is 98.1 Å². The van der Waals surface area contributed by atoms with E-state index in [9.17, 15) is 4.79 Å². The number of carbonyl (C=O) groups is 1. The Morgan fingerprint density at radius 1 is 1.56 bits per heavy atom. The third kappa shape index (κ3) is 2.61. The molecule has 2 N–H and O–H groups in total. The van der Waals surface area contributed by atoms with E-state index in [-0.39, 0.29) is 6.61 Å². The van der Waals surface area contributed by atoms with E-state index in [1.165, 1.54) is 11.3 Å². The summed E-state index contributed by atoms with van der Waals surface area (Å²) in [5, 5.41) is 19.8. The molecule has 0 aliphatic heterocycles. The number of thiophene rings is 1. The lowest BCUT2D eigenvalue weighted by Crippen LogP contribution is -2.29. The minimum atomic E-state index is -0.857. The first-order chi connectivity index (χ1) is 7.72. The van der Waals surface area contributed by atoms with Crippen LogP contribution in [0.5, 0.6) is 0 Å². The second kappa shape index (κ2) is 4.95. The fourth-order valence-electron chi connectivity index (χ4n) is 1.83. The number of carboxylic acids is 1. The van der Waals surface area contributed by atoms with Gasteiger partial charge >= 0.3 is 5.97 Å². The fraction of sp³-hybridized carbons (Fsp3) is 0.545. The molecule has 5 heteroatoms. The van der Waals surface area contributed by atoms with Gasteiger partial charge in [-0.3, -0.25) is 4.90 Å². The average molecular weight is 241 g/mol. The fourth-order valence-corrected chi connectivity index (χ4v) is 2.58. The van der Waals surface area contributed by atoms with Gasteiger partial charge in [-0.15, -0.1) is 11.3 Å². The van der Waals surface area contributed by atoms with Gasteiger partial charge in [0.05, 0.1) is 6.61 Å². The van der Waals surface area contributed by atoms with Crippen molar-refractivity contribution in [3.63, 3.8) is 0 Å². The van der Waals surface area contributed by atoms with Crippen LogP contribution in [0.1, 0.15) is 28.1 Å². The van der Waals surface area contributed by atoms with Crippen molar-refractivity contribution in [1.29, 1.82) is 0 Å². The van der Waals surface area contributed by atoms with E-state index in [1.807, 2.05) is 11.4 Å². The van der Waals surface area contributed by atoms with Gasteiger partial charge in [-0.2, -0.15) is 0 Å². The summed E-state index contributed by atoms with van der Waals surface area (Å²) < 4.78 is 0. The van der Waals surface area contributed by atoms with Gasteiger partial charge in [0.15, 0.2) is 0 Å². The van der Waals surface area contributed by atoms with Crippen molar-refractivity contribution in [2.45, 2.75) is 25.4 Å². The number of hydrogen-bond acceptors (Lipinski definition) is 4. The molecule has 1 saturated carbocycles. The number of rotatable bonds is 6. The molecule has 0 saturated heterocycles. The summed E-state index contributed by atoms with van der Waals surface area (Å²) in [4.78, 5) is 13.5. The number of hydrogen-bond donors (Lipinski definition) is 2. The van der Waals surface area contributed by atoms with Crippen LogP contribution >= 0.6 is 11.3 Å². The summed E-state index contributed by atoms with van der Waals surface area (Å²) in [6, 6.07) is 2.40. The molecule has 0 amide bonds. The Kier molecular flexibility index (Phi) is 3.58. The second-order valence-electron chi connectivity index (χ2n) is 4.01. The molecule has 2 rings (SSSR count). The molecule has 0 aromatic carbocycles. The zero-order chi connectivity index (χ0) is 11.5. The zero-order valence-electron chi connectivity index (χ0n) is 8.93. The van der Waals surface area contributed by atoms with Crippen LogP contribution < -0.4 is 0 Å².